The smallest absolute Gasteiger partial charge is 0.0644 e. The summed E-state index contributed by atoms with van der Waals surface area (Å²) in [5, 5.41) is 0. The maximum absolute atomic E-state index is 5.55. The molecule has 0 aliphatic carbocycles. The predicted molar refractivity (Wildman–Crippen MR) is 62.2 cm³/mol. The van der Waals surface area contributed by atoms with Crippen LogP contribution in [0.15, 0.2) is 0 Å². The van der Waals surface area contributed by atoms with Gasteiger partial charge in [-0.3, -0.25) is 0 Å². The Morgan fingerprint density at radius 1 is 0.733 bits per heavy atom. The fraction of sp³-hybridized carbons (Fsp3) is 1.00. The van der Waals surface area contributed by atoms with Gasteiger partial charge in [0.1, 0.15) is 0 Å². The molecule has 92 valence electrons. The van der Waals surface area contributed by atoms with Gasteiger partial charge in [0.15, 0.2) is 0 Å². The summed E-state index contributed by atoms with van der Waals surface area (Å²) >= 11 is 0. The fourth-order valence-electron chi connectivity index (χ4n) is 0.942. The van der Waals surface area contributed by atoms with Crippen molar-refractivity contribution >= 4 is 0 Å². The van der Waals surface area contributed by atoms with E-state index >= 15 is 0 Å². The minimum absolute atomic E-state index is 0.0865. The van der Waals surface area contributed by atoms with E-state index < -0.39 is 0 Å². The lowest BCUT2D eigenvalue weighted by atomic mass is 10.1. The Balaban J connectivity index is 3.48. The van der Waals surface area contributed by atoms with Gasteiger partial charge in [-0.1, -0.05) is 0 Å². The second-order valence-corrected chi connectivity index (χ2v) is 5.04. The first-order valence-corrected chi connectivity index (χ1v) is 5.51. The molecule has 15 heavy (non-hydrogen) atoms. The SMILES string of the molecule is COC(C)(C)CCOCCC(C)(C)OC. The molecule has 0 unspecified atom stereocenters. The highest BCUT2D eigenvalue weighted by Gasteiger charge is 2.17. The van der Waals surface area contributed by atoms with E-state index in [1.54, 1.807) is 14.2 Å². The van der Waals surface area contributed by atoms with Crippen LogP contribution in [0.25, 0.3) is 0 Å². The third kappa shape index (κ3) is 7.77. The zero-order valence-electron chi connectivity index (χ0n) is 11.1. The van der Waals surface area contributed by atoms with Crippen LogP contribution < -0.4 is 0 Å². The molecule has 3 heteroatoms. The Morgan fingerprint density at radius 2 is 1.07 bits per heavy atom. The van der Waals surface area contributed by atoms with E-state index in [0.717, 1.165) is 26.1 Å². The molecule has 0 amide bonds. The Bertz CT molecular complexity index is 146. The molecule has 0 fully saturated rings. The number of rotatable bonds is 8. The molecule has 0 radical (unpaired) electrons. The van der Waals surface area contributed by atoms with Gasteiger partial charge in [-0.05, 0) is 40.5 Å². The minimum Gasteiger partial charge on any atom is -0.381 e. The summed E-state index contributed by atoms with van der Waals surface area (Å²) in [6.07, 6.45) is 1.83. The summed E-state index contributed by atoms with van der Waals surface area (Å²) in [6.45, 7) is 9.73. The van der Waals surface area contributed by atoms with Crippen molar-refractivity contribution in [3.63, 3.8) is 0 Å². The quantitative estimate of drug-likeness (QED) is 0.586. The molecule has 0 saturated carbocycles. The maximum Gasteiger partial charge on any atom is 0.0644 e. The first-order valence-electron chi connectivity index (χ1n) is 5.51. The van der Waals surface area contributed by atoms with Crippen molar-refractivity contribution in [2.75, 3.05) is 27.4 Å². The zero-order chi connectivity index (χ0) is 11.9. The summed E-state index contributed by atoms with van der Waals surface area (Å²) in [4.78, 5) is 0. The molecule has 0 aromatic rings. The molecular formula is C12H26O3. The van der Waals surface area contributed by atoms with Crippen LogP contribution in [0, 0.1) is 0 Å². The van der Waals surface area contributed by atoms with Crippen LogP contribution in [-0.4, -0.2) is 38.6 Å². The Hall–Kier alpha value is -0.120. The number of methoxy groups -OCH3 is 2. The standard InChI is InChI=1S/C12H26O3/c1-11(2,13-5)7-9-15-10-8-12(3,4)14-6/h7-10H2,1-6H3. The molecule has 0 atom stereocenters. The van der Waals surface area contributed by atoms with Crippen molar-refractivity contribution in [2.45, 2.75) is 51.7 Å². The summed E-state index contributed by atoms with van der Waals surface area (Å²) in [5.74, 6) is 0. The highest BCUT2D eigenvalue weighted by atomic mass is 16.5. The van der Waals surface area contributed by atoms with Crippen molar-refractivity contribution in [3.05, 3.63) is 0 Å². The second-order valence-electron chi connectivity index (χ2n) is 5.04. The van der Waals surface area contributed by atoms with Gasteiger partial charge in [0, 0.05) is 27.4 Å². The summed E-state index contributed by atoms with van der Waals surface area (Å²) < 4.78 is 16.2. The Kier molecular flexibility index (Phi) is 6.41. The van der Waals surface area contributed by atoms with E-state index in [1.165, 1.54) is 0 Å². The van der Waals surface area contributed by atoms with E-state index in [2.05, 4.69) is 27.7 Å². The van der Waals surface area contributed by atoms with Crippen molar-refractivity contribution in [1.29, 1.82) is 0 Å². The lowest BCUT2D eigenvalue weighted by Gasteiger charge is -2.24. The van der Waals surface area contributed by atoms with Crippen molar-refractivity contribution < 1.29 is 14.2 Å². The molecule has 0 aliphatic heterocycles. The van der Waals surface area contributed by atoms with Crippen molar-refractivity contribution in [1.82, 2.24) is 0 Å². The van der Waals surface area contributed by atoms with Crippen LogP contribution in [0.5, 0.6) is 0 Å². The Morgan fingerprint density at radius 3 is 1.33 bits per heavy atom. The van der Waals surface area contributed by atoms with Gasteiger partial charge >= 0.3 is 0 Å². The summed E-state index contributed by atoms with van der Waals surface area (Å²) in [6, 6.07) is 0. The van der Waals surface area contributed by atoms with Gasteiger partial charge < -0.3 is 14.2 Å². The normalized spacial score (nSPS) is 13.2. The predicted octanol–water partition coefficient (Wildman–Crippen LogP) is 2.63. The van der Waals surface area contributed by atoms with Crippen LogP contribution in [0.3, 0.4) is 0 Å². The molecule has 0 spiro atoms. The average Bonchev–Trinajstić information content (AvgIpc) is 2.17. The fourth-order valence-corrected chi connectivity index (χ4v) is 0.942. The van der Waals surface area contributed by atoms with Gasteiger partial charge in [0.05, 0.1) is 11.2 Å². The molecule has 0 aromatic carbocycles. The molecule has 0 bridgehead atoms. The third-order valence-corrected chi connectivity index (χ3v) is 2.80. The van der Waals surface area contributed by atoms with Crippen LogP contribution in [-0.2, 0) is 14.2 Å². The number of ether oxygens (including phenoxy) is 3. The van der Waals surface area contributed by atoms with Gasteiger partial charge in [-0.15, -0.1) is 0 Å². The van der Waals surface area contributed by atoms with E-state index in [9.17, 15) is 0 Å². The first kappa shape index (κ1) is 14.9. The number of hydrogen-bond acceptors (Lipinski definition) is 3. The maximum atomic E-state index is 5.55. The molecule has 0 saturated heterocycles. The zero-order valence-corrected chi connectivity index (χ0v) is 11.1. The number of hydrogen-bond donors (Lipinski definition) is 0. The highest BCUT2D eigenvalue weighted by Crippen LogP contribution is 2.15. The molecule has 0 heterocycles. The highest BCUT2D eigenvalue weighted by molar-refractivity contribution is 4.68. The van der Waals surface area contributed by atoms with Crippen LogP contribution in [0.4, 0.5) is 0 Å². The molecule has 0 aliphatic rings. The lowest BCUT2D eigenvalue weighted by Crippen LogP contribution is -2.27. The van der Waals surface area contributed by atoms with Crippen LogP contribution in [0.2, 0.25) is 0 Å². The Labute approximate surface area is 94.1 Å². The molecule has 0 N–H and O–H groups in total. The molecule has 3 nitrogen and oxygen atoms in total. The summed E-state index contributed by atoms with van der Waals surface area (Å²) in [7, 11) is 3.46. The second kappa shape index (κ2) is 6.46. The van der Waals surface area contributed by atoms with Crippen LogP contribution >= 0.6 is 0 Å². The average molecular weight is 218 g/mol. The van der Waals surface area contributed by atoms with Gasteiger partial charge in [0.2, 0.25) is 0 Å². The van der Waals surface area contributed by atoms with Crippen LogP contribution in [0.1, 0.15) is 40.5 Å². The van der Waals surface area contributed by atoms with Gasteiger partial charge in [-0.2, -0.15) is 0 Å². The van der Waals surface area contributed by atoms with Crippen molar-refractivity contribution in [3.8, 4) is 0 Å². The largest absolute Gasteiger partial charge is 0.381 e. The topological polar surface area (TPSA) is 27.7 Å². The third-order valence-electron chi connectivity index (χ3n) is 2.80. The minimum atomic E-state index is -0.0865. The lowest BCUT2D eigenvalue weighted by molar-refractivity contribution is -0.0303. The summed E-state index contributed by atoms with van der Waals surface area (Å²) in [5.41, 5.74) is -0.173. The van der Waals surface area contributed by atoms with E-state index in [4.69, 9.17) is 14.2 Å². The van der Waals surface area contributed by atoms with Crippen molar-refractivity contribution in [2.24, 2.45) is 0 Å². The monoisotopic (exact) mass is 218 g/mol. The first-order chi connectivity index (χ1) is 6.83. The molecular weight excluding hydrogens is 192 g/mol. The van der Waals surface area contributed by atoms with Gasteiger partial charge in [-0.25, -0.2) is 0 Å². The van der Waals surface area contributed by atoms with E-state index in [0.29, 0.717) is 0 Å². The molecule has 0 aromatic heterocycles. The van der Waals surface area contributed by atoms with E-state index in [1.807, 2.05) is 0 Å². The van der Waals surface area contributed by atoms with E-state index in [-0.39, 0.29) is 11.2 Å². The molecule has 0 rings (SSSR count). The van der Waals surface area contributed by atoms with Gasteiger partial charge in [0.25, 0.3) is 0 Å².